The molecule has 0 aliphatic carbocycles. The third kappa shape index (κ3) is 74.7. The molecule has 0 atom stereocenters. The molecular formula is C10H18N4ORu+3. The third-order valence-electron chi connectivity index (χ3n) is 0.846. The Hall–Kier alpha value is -0.987. The maximum atomic E-state index is 7.32. The van der Waals surface area contributed by atoms with Gasteiger partial charge in [0, 0.05) is 33.9 Å². The molecule has 5 nitrogen and oxygen atoms in total. The minimum Gasteiger partial charge on any atom is -0.379 e. The summed E-state index contributed by atoms with van der Waals surface area (Å²) in [7, 11) is 0. The fourth-order valence-corrected chi connectivity index (χ4v) is 0.516. The Balaban J connectivity index is -0.0000000637. The van der Waals surface area contributed by atoms with Crippen LogP contribution in [-0.2, 0) is 24.2 Å². The van der Waals surface area contributed by atoms with Crippen LogP contribution in [0.2, 0.25) is 0 Å². The normalized spacial score (nSPS) is 10.5. The van der Waals surface area contributed by atoms with Gasteiger partial charge in [-0.25, -0.2) is 0 Å². The fourth-order valence-electron chi connectivity index (χ4n) is 0.516. The fraction of sp³-hybridized carbons (Fsp3) is 0.700. The van der Waals surface area contributed by atoms with Crippen LogP contribution >= 0.6 is 0 Å². The van der Waals surface area contributed by atoms with Crippen LogP contribution in [0.4, 0.5) is 0 Å². The zero-order chi connectivity index (χ0) is 12.4. The second-order valence-corrected chi connectivity index (χ2v) is 2.03. The summed E-state index contributed by atoms with van der Waals surface area (Å²) in [5, 5.41) is 25.1. The number of nitrogens with zero attached hydrogens (tertiary/aromatic N) is 3. The summed E-state index contributed by atoms with van der Waals surface area (Å²) in [4.78, 5) is 0. The molecule has 1 aliphatic rings. The Morgan fingerprint density at radius 1 is 0.875 bits per heavy atom. The topological polar surface area (TPSA) is 92.6 Å². The monoisotopic (exact) mass is 312 g/mol. The van der Waals surface area contributed by atoms with Gasteiger partial charge in [0.15, 0.2) is 0 Å². The zero-order valence-corrected chi connectivity index (χ0v) is 11.7. The molecule has 6 heteroatoms. The summed E-state index contributed by atoms with van der Waals surface area (Å²) in [5.74, 6) is 0. The Kier molecular flexibility index (Phi) is 56.1. The van der Waals surface area contributed by atoms with Gasteiger partial charge >= 0.3 is 19.5 Å². The van der Waals surface area contributed by atoms with Crippen LogP contribution < -0.4 is 5.32 Å². The third-order valence-corrected chi connectivity index (χ3v) is 0.846. The molecule has 1 rings (SSSR count). The molecule has 1 N–H and O–H groups in total. The van der Waals surface area contributed by atoms with Crippen molar-refractivity contribution < 1.29 is 24.2 Å². The van der Waals surface area contributed by atoms with Crippen LogP contribution in [-0.4, -0.2) is 26.3 Å². The van der Waals surface area contributed by atoms with Gasteiger partial charge in [-0.15, -0.1) is 0 Å². The van der Waals surface area contributed by atoms with Crippen LogP contribution in [0.3, 0.4) is 0 Å². The number of hydrogen-bond acceptors (Lipinski definition) is 5. The van der Waals surface area contributed by atoms with Gasteiger partial charge in [0.1, 0.15) is 0 Å². The van der Waals surface area contributed by atoms with Gasteiger partial charge in [-0.1, -0.05) is 0 Å². The van der Waals surface area contributed by atoms with Crippen molar-refractivity contribution >= 4 is 0 Å². The molecule has 0 unspecified atom stereocenters. The zero-order valence-electron chi connectivity index (χ0n) is 9.93. The number of hydrogen-bond donors (Lipinski definition) is 1. The molecule has 1 saturated heterocycles. The maximum absolute atomic E-state index is 7.32. The molecule has 0 aromatic carbocycles. The largest absolute Gasteiger partial charge is 3.00 e. The van der Waals surface area contributed by atoms with Crippen molar-refractivity contribution in [3.8, 4) is 18.2 Å². The number of nitriles is 3. The first-order valence-electron chi connectivity index (χ1n) is 4.46. The van der Waals surface area contributed by atoms with Gasteiger partial charge < -0.3 is 10.1 Å². The van der Waals surface area contributed by atoms with Gasteiger partial charge in [0.05, 0.1) is 31.4 Å². The molecule has 16 heavy (non-hydrogen) atoms. The molecule has 1 fully saturated rings. The summed E-state index contributed by atoms with van der Waals surface area (Å²) in [6, 6.07) is 5.25. The Bertz CT molecular complexity index is 170. The van der Waals surface area contributed by atoms with Crippen LogP contribution in [0.25, 0.3) is 0 Å². The molecule has 0 aromatic heterocycles. The van der Waals surface area contributed by atoms with E-state index in [2.05, 4.69) is 5.32 Å². The van der Waals surface area contributed by atoms with E-state index >= 15 is 0 Å². The van der Waals surface area contributed by atoms with Gasteiger partial charge in [0.25, 0.3) is 0 Å². The molecule has 1 heterocycles. The van der Waals surface area contributed by atoms with Gasteiger partial charge in [0.2, 0.25) is 0 Å². The van der Waals surface area contributed by atoms with Gasteiger partial charge in [-0.3, -0.25) is 0 Å². The van der Waals surface area contributed by atoms with Crippen LogP contribution in [0.5, 0.6) is 0 Å². The summed E-state index contributed by atoms with van der Waals surface area (Å²) >= 11 is 0. The maximum Gasteiger partial charge on any atom is 3.00 e. The Morgan fingerprint density at radius 2 is 1.12 bits per heavy atom. The molecule has 0 aromatic rings. The summed E-state index contributed by atoms with van der Waals surface area (Å²) in [6.07, 6.45) is 0. The molecule has 0 bridgehead atoms. The smallest absolute Gasteiger partial charge is 0.379 e. The summed E-state index contributed by atoms with van der Waals surface area (Å²) < 4.78 is 5.01. The van der Waals surface area contributed by atoms with Crippen molar-refractivity contribution in [3.63, 3.8) is 0 Å². The van der Waals surface area contributed by atoms with E-state index in [0.29, 0.717) is 0 Å². The second kappa shape index (κ2) is 37.0. The first-order chi connectivity index (χ1) is 7.24. The van der Waals surface area contributed by atoms with Crippen molar-refractivity contribution in [2.24, 2.45) is 0 Å². The predicted molar refractivity (Wildman–Crippen MR) is 57.5 cm³/mol. The van der Waals surface area contributed by atoms with Crippen molar-refractivity contribution in [3.05, 3.63) is 0 Å². The van der Waals surface area contributed by atoms with Crippen molar-refractivity contribution in [1.29, 1.82) is 15.8 Å². The first kappa shape index (κ1) is 24.3. The van der Waals surface area contributed by atoms with E-state index in [0.717, 1.165) is 26.3 Å². The van der Waals surface area contributed by atoms with Crippen LogP contribution in [0.15, 0.2) is 0 Å². The molecule has 0 amide bonds. The molecule has 0 saturated carbocycles. The number of nitrogens with one attached hydrogen (secondary N) is 1. The molecule has 0 spiro atoms. The van der Waals surface area contributed by atoms with E-state index in [1.54, 1.807) is 18.2 Å². The molecular weight excluding hydrogens is 293 g/mol. The van der Waals surface area contributed by atoms with E-state index < -0.39 is 0 Å². The van der Waals surface area contributed by atoms with Crippen molar-refractivity contribution in [2.45, 2.75) is 20.8 Å². The second-order valence-electron chi connectivity index (χ2n) is 2.03. The number of ether oxygens (including phenoxy) is 1. The minimum atomic E-state index is 0. The van der Waals surface area contributed by atoms with Crippen LogP contribution in [0.1, 0.15) is 20.8 Å². The van der Waals surface area contributed by atoms with Gasteiger partial charge in [-0.05, 0) is 0 Å². The van der Waals surface area contributed by atoms with Gasteiger partial charge in [-0.2, -0.15) is 15.8 Å². The summed E-state index contributed by atoms with van der Waals surface area (Å²) in [6.45, 7) is 8.12. The van der Waals surface area contributed by atoms with Crippen molar-refractivity contribution in [1.82, 2.24) is 5.32 Å². The average molecular weight is 311 g/mol. The standard InChI is InChI=1S/C4H9NO.3C2H3N.Ru/c1-3-6-4-2-5-1;3*1-2-3;/h5H,1-4H2;3*1H3;/q;;;;+3. The van der Waals surface area contributed by atoms with Crippen molar-refractivity contribution in [2.75, 3.05) is 26.3 Å². The minimum absolute atomic E-state index is 0. The first-order valence-corrected chi connectivity index (χ1v) is 4.46. The number of rotatable bonds is 0. The van der Waals surface area contributed by atoms with E-state index in [4.69, 9.17) is 20.5 Å². The Labute approximate surface area is 111 Å². The predicted octanol–water partition coefficient (Wildman–Crippen LogP) is 1.19. The SMILES string of the molecule is C1COCCN1.CC#N.CC#N.CC#N.[Ru+3]. The number of morpholine rings is 1. The van der Waals surface area contributed by atoms with E-state index in [1.165, 1.54) is 20.8 Å². The molecule has 1 aliphatic heterocycles. The summed E-state index contributed by atoms with van der Waals surface area (Å²) in [5.41, 5.74) is 0. The van der Waals surface area contributed by atoms with E-state index in [1.807, 2.05) is 0 Å². The quantitative estimate of drug-likeness (QED) is 0.678. The van der Waals surface area contributed by atoms with E-state index in [-0.39, 0.29) is 19.5 Å². The van der Waals surface area contributed by atoms with Crippen LogP contribution in [0, 0.1) is 34.0 Å². The molecule has 89 valence electrons. The molecule has 1 radical (unpaired) electrons. The Morgan fingerprint density at radius 3 is 1.19 bits per heavy atom. The average Bonchev–Trinajstić information content (AvgIpc) is 2.24. The van der Waals surface area contributed by atoms with E-state index in [9.17, 15) is 0 Å².